The molecule has 2 aliphatic carbocycles. The molecule has 0 aromatic heterocycles. The highest BCUT2D eigenvalue weighted by atomic mass is 19.4. The minimum atomic E-state index is -4.75. The second-order valence-corrected chi connectivity index (χ2v) is 6.07. The predicted molar refractivity (Wildman–Crippen MR) is 74.3 cm³/mol. The normalized spacial score (nSPS) is 18.2. The lowest BCUT2D eigenvalue weighted by Gasteiger charge is -2.18. The van der Waals surface area contributed by atoms with Crippen LogP contribution in [-0.2, 0) is 0 Å². The van der Waals surface area contributed by atoms with Gasteiger partial charge in [-0.05, 0) is 56.6 Å². The lowest BCUT2D eigenvalue weighted by molar-refractivity contribution is -0.275. The van der Waals surface area contributed by atoms with Crippen LogP contribution < -0.4 is 14.2 Å². The van der Waals surface area contributed by atoms with E-state index < -0.39 is 6.36 Å². The molecule has 0 bridgehead atoms. The van der Waals surface area contributed by atoms with Crippen LogP contribution in [0.1, 0.15) is 31.2 Å². The van der Waals surface area contributed by atoms with Gasteiger partial charge in [0, 0.05) is 5.56 Å². The minimum absolute atomic E-state index is 0.125. The molecule has 0 saturated heterocycles. The molecule has 1 aromatic carbocycles. The molecule has 0 amide bonds. The number of hydrogen-bond donors (Lipinski definition) is 0. The molecule has 3 nitrogen and oxygen atoms in total. The maximum Gasteiger partial charge on any atom is 0.573 e. The largest absolute Gasteiger partial charge is 0.573 e. The van der Waals surface area contributed by atoms with Crippen LogP contribution in [0.3, 0.4) is 0 Å². The maximum absolute atomic E-state index is 12.6. The first-order valence-electron chi connectivity index (χ1n) is 7.57. The van der Waals surface area contributed by atoms with E-state index in [-0.39, 0.29) is 11.5 Å². The molecule has 2 fully saturated rings. The summed E-state index contributed by atoms with van der Waals surface area (Å²) in [5.41, 5.74) is 0.325. The Bertz CT molecular complexity index is 534. The Kier molecular flexibility index (Phi) is 4.10. The van der Waals surface area contributed by atoms with E-state index in [0.29, 0.717) is 36.4 Å². The number of ether oxygens (including phenoxy) is 3. The molecule has 0 heterocycles. The van der Waals surface area contributed by atoms with Gasteiger partial charge in [0.25, 0.3) is 0 Å². The fraction of sp³-hybridized carbons (Fsp3) is 0.625. The van der Waals surface area contributed by atoms with Crippen LogP contribution in [0, 0.1) is 18.8 Å². The Morgan fingerprint density at radius 3 is 1.95 bits per heavy atom. The van der Waals surface area contributed by atoms with Gasteiger partial charge in [-0.2, -0.15) is 0 Å². The smallest absolute Gasteiger partial charge is 0.493 e. The molecule has 0 N–H and O–H groups in total. The number of hydrogen-bond acceptors (Lipinski definition) is 3. The summed E-state index contributed by atoms with van der Waals surface area (Å²) in [7, 11) is 0. The Morgan fingerprint density at radius 2 is 1.45 bits per heavy atom. The summed E-state index contributed by atoms with van der Waals surface area (Å²) >= 11 is 0. The molecule has 0 aliphatic heterocycles. The monoisotopic (exact) mass is 316 g/mol. The molecule has 6 heteroatoms. The third-order valence-electron chi connectivity index (χ3n) is 3.88. The zero-order valence-corrected chi connectivity index (χ0v) is 12.4. The summed E-state index contributed by atoms with van der Waals surface area (Å²) < 4.78 is 53.2. The maximum atomic E-state index is 12.6. The van der Waals surface area contributed by atoms with Crippen LogP contribution in [0.5, 0.6) is 17.2 Å². The molecule has 1 aromatic rings. The highest BCUT2D eigenvalue weighted by Crippen LogP contribution is 2.42. The molecule has 0 unspecified atom stereocenters. The predicted octanol–water partition coefficient (Wildman–Crippen LogP) is 4.47. The molecule has 0 atom stereocenters. The zero-order chi connectivity index (χ0) is 15.7. The SMILES string of the molecule is Cc1c(OCC2CC2)ccc(OCC2CC2)c1OC(F)(F)F. The molecule has 122 valence electrons. The fourth-order valence-corrected chi connectivity index (χ4v) is 2.15. The van der Waals surface area contributed by atoms with Gasteiger partial charge in [0.05, 0.1) is 13.2 Å². The van der Waals surface area contributed by atoms with E-state index in [0.717, 1.165) is 25.7 Å². The topological polar surface area (TPSA) is 27.7 Å². The zero-order valence-electron chi connectivity index (χ0n) is 12.4. The number of benzene rings is 1. The Morgan fingerprint density at radius 1 is 0.955 bits per heavy atom. The van der Waals surface area contributed by atoms with Crippen molar-refractivity contribution < 1.29 is 27.4 Å². The second-order valence-electron chi connectivity index (χ2n) is 6.07. The van der Waals surface area contributed by atoms with Crippen molar-refractivity contribution in [3.63, 3.8) is 0 Å². The van der Waals surface area contributed by atoms with E-state index in [9.17, 15) is 13.2 Å². The van der Waals surface area contributed by atoms with Gasteiger partial charge in [0.1, 0.15) is 5.75 Å². The van der Waals surface area contributed by atoms with Crippen molar-refractivity contribution >= 4 is 0 Å². The molecule has 2 saturated carbocycles. The van der Waals surface area contributed by atoms with Crippen molar-refractivity contribution in [2.45, 2.75) is 39.0 Å². The average Bonchev–Trinajstić information content (AvgIpc) is 3.31. The summed E-state index contributed by atoms with van der Waals surface area (Å²) in [6, 6.07) is 3.15. The highest BCUT2D eigenvalue weighted by molar-refractivity contribution is 5.53. The Hall–Kier alpha value is -1.59. The third-order valence-corrected chi connectivity index (χ3v) is 3.88. The Labute approximate surface area is 127 Å². The highest BCUT2D eigenvalue weighted by Gasteiger charge is 2.34. The summed E-state index contributed by atoms with van der Waals surface area (Å²) in [5.74, 6) is 1.23. The Balaban J connectivity index is 1.78. The van der Waals surface area contributed by atoms with E-state index >= 15 is 0 Å². The fourth-order valence-electron chi connectivity index (χ4n) is 2.15. The van der Waals surface area contributed by atoms with Crippen LogP contribution in [0.2, 0.25) is 0 Å². The lowest BCUT2D eigenvalue weighted by Crippen LogP contribution is -2.19. The summed E-state index contributed by atoms with van der Waals surface area (Å²) in [5, 5.41) is 0. The van der Waals surface area contributed by atoms with Crippen molar-refractivity contribution in [2.24, 2.45) is 11.8 Å². The first-order valence-corrected chi connectivity index (χ1v) is 7.57. The molecule has 0 spiro atoms. The summed E-state index contributed by atoms with van der Waals surface area (Å²) in [6.45, 7) is 2.53. The van der Waals surface area contributed by atoms with E-state index in [1.807, 2.05) is 0 Å². The first-order chi connectivity index (χ1) is 10.4. The number of halogens is 3. The van der Waals surface area contributed by atoms with E-state index in [1.54, 1.807) is 13.0 Å². The molecule has 2 aliphatic rings. The standard InChI is InChI=1S/C16H19F3O3/c1-10-13(20-8-11-2-3-11)6-7-14(21-9-12-4-5-12)15(10)22-16(17,18)19/h6-7,11-12H,2-5,8-9H2,1H3. The third kappa shape index (κ3) is 4.21. The number of rotatable bonds is 7. The van der Waals surface area contributed by atoms with Crippen molar-refractivity contribution in [3.8, 4) is 17.2 Å². The number of alkyl halides is 3. The van der Waals surface area contributed by atoms with Crippen LogP contribution in [0.15, 0.2) is 12.1 Å². The van der Waals surface area contributed by atoms with Crippen LogP contribution >= 0.6 is 0 Å². The van der Waals surface area contributed by atoms with E-state index in [4.69, 9.17) is 9.47 Å². The minimum Gasteiger partial charge on any atom is -0.493 e. The van der Waals surface area contributed by atoms with Crippen molar-refractivity contribution in [1.82, 2.24) is 0 Å². The quantitative estimate of drug-likeness (QED) is 0.743. The van der Waals surface area contributed by atoms with Gasteiger partial charge in [-0.1, -0.05) is 0 Å². The van der Waals surface area contributed by atoms with E-state index in [2.05, 4.69) is 4.74 Å². The van der Waals surface area contributed by atoms with Crippen molar-refractivity contribution in [2.75, 3.05) is 13.2 Å². The van der Waals surface area contributed by atoms with Crippen LogP contribution in [-0.4, -0.2) is 19.6 Å². The van der Waals surface area contributed by atoms with Gasteiger partial charge in [-0.3, -0.25) is 0 Å². The van der Waals surface area contributed by atoms with Gasteiger partial charge in [-0.25, -0.2) is 0 Å². The second kappa shape index (κ2) is 5.89. The molecular formula is C16H19F3O3. The van der Waals surface area contributed by atoms with Gasteiger partial charge in [0.15, 0.2) is 11.5 Å². The van der Waals surface area contributed by atoms with Gasteiger partial charge in [0.2, 0.25) is 0 Å². The van der Waals surface area contributed by atoms with Gasteiger partial charge in [-0.15, -0.1) is 13.2 Å². The van der Waals surface area contributed by atoms with Crippen LogP contribution in [0.4, 0.5) is 13.2 Å². The van der Waals surface area contributed by atoms with E-state index in [1.165, 1.54) is 6.07 Å². The average molecular weight is 316 g/mol. The molecular weight excluding hydrogens is 297 g/mol. The van der Waals surface area contributed by atoms with Gasteiger partial charge >= 0.3 is 6.36 Å². The molecule has 22 heavy (non-hydrogen) atoms. The molecule has 3 rings (SSSR count). The first kappa shape index (κ1) is 15.3. The van der Waals surface area contributed by atoms with Crippen molar-refractivity contribution in [3.05, 3.63) is 17.7 Å². The van der Waals surface area contributed by atoms with Crippen LogP contribution in [0.25, 0.3) is 0 Å². The molecule has 0 radical (unpaired) electrons. The van der Waals surface area contributed by atoms with Gasteiger partial charge < -0.3 is 14.2 Å². The summed E-state index contributed by atoms with van der Waals surface area (Å²) in [6.07, 6.45) is -0.382. The lowest BCUT2D eigenvalue weighted by atomic mass is 10.2. The van der Waals surface area contributed by atoms with Crippen molar-refractivity contribution in [1.29, 1.82) is 0 Å². The summed E-state index contributed by atoms with van der Waals surface area (Å²) in [4.78, 5) is 0.